The lowest BCUT2D eigenvalue weighted by atomic mass is 9.86. The zero-order valence-electron chi connectivity index (χ0n) is 16.5. The zero-order chi connectivity index (χ0) is 19.8. The molecule has 1 unspecified atom stereocenters. The van der Waals surface area contributed by atoms with E-state index in [1.54, 1.807) is 4.90 Å². The zero-order valence-corrected chi connectivity index (χ0v) is 16.5. The molecule has 7 nitrogen and oxygen atoms in total. The molecule has 0 spiro atoms. The second-order valence-electron chi connectivity index (χ2n) is 7.46. The number of rotatable bonds is 6. The maximum atomic E-state index is 12.3. The molecule has 0 aromatic heterocycles. The van der Waals surface area contributed by atoms with Crippen LogP contribution in [0.4, 0.5) is 4.79 Å². The highest BCUT2D eigenvalue weighted by Gasteiger charge is 2.29. The first-order valence-corrected chi connectivity index (χ1v) is 10.0. The molecule has 1 heterocycles. The minimum Gasteiger partial charge on any atom is -0.469 e. The summed E-state index contributed by atoms with van der Waals surface area (Å²) in [6.07, 6.45) is 3.28. The van der Waals surface area contributed by atoms with E-state index in [1.807, 2.05) is 30.3 Å². The van der Waals surface area contributed by atoms with Crippen molar-refractivity contribution < 1.29 is 23.8 Å². The summed E-state index contributed by atoms with van der Waals surface area (Å²) in [5, 5.41) is 3.53. The van der Waals surface area contributed by atoms with Crippen molar-refractivity contribution in [2.45, 2.75) is 44.4 Å². The van der Waals surface area contributed by atoms with E-state index in [1.165, 1.54) is 7.11 Å². The number of nitrogens with one attached hydrogen (secondary N) is 1. The molecule has 1 aliphatic carbocycles. The number of methoxy groups -OCH3 is 1. The summed E-state index contributed by atoms with van der Waals surface area (Å²) in [5.41, 5.74) is 0.977. The van der Waals surface area contributed by atoms with Gasteiger partial charge in [0, 0.05) is 19.1 Å². The predicted molar refractivity (Wildman–Crippen MR) is 104 cm³/mol. The molecule has 1 aliphatic heterocycles. The van der Waals surface area contributed by atoms with Crippen LogP contribution in [0.25, 0.3) is 0 Å². The summed E-state index contributed by atoms with van der Waals surface area (Å²) in [6, 6.07) is 10.1. The highest BCUT2D eigenvalue weighted by molar-refractivity contribution is 5.72. The molecule has 1 atom stereocenters. The van der Waals surface area contributed by atoms with Gasteiger partial charge in [-0.3, -0.25) is 4.79 Å². The van der Waals surface area contributed by atoms with E-state index in [0.29, 0.717) is 32.3 Å². The van der Waals surface area contributed by atoms with Crippen LogP contribution in [0.15, 0.2) is 30.3 Å². The molecular weight excluding hydrogens is 360 g/mol. The normalized spacial score (nSPS) is 25.2. The summed E-state index contributed by atoms with van der Waals surface area (Å²) in [4.78, 5) is 25.7. The van der Waals surface area contributed by atoms with Crippen molar-refractivity contribution in [3.8, 4) is 0 Å². The van der Waals surface area contributed by atoms with E-state index in [-0.39, 0.29) is 30.7 Å². The number of hydrogen-bond donors (Lipinski definition) is 1. The van der Waals surface area contributed by atoms with Crippen LogP contribution in [0.5, 0.6) is 0 Å². The Morgan fingerprint density at radius 2 is 1.93 bits per heavy atom. The van der Waals surface area contributed by atoms with Crippen molar-refractivity contribution in [1.29, 1.82) is 0 Å². The van der Waals surface area contributed by atoms with Crippen LogP contribution in [0.1, 0.15) is 31.2 Å². The molecule has 1 aromatic rings. The van der Waals surface area contributed by atoms with Crippen molar-refractivity contribution >= 4 is 12.1 Å². The quantitative estimate of drug-likeness (QED) is 0.752. The maximum Gasteiger partial charge on any atom is 0.410 e. The molecule has 1 amide bonds. The summed E-state index contributed by atoms with van der Waals surface area (Å²) in [5.74, 6) is -0.0671. The Morgan fingerprint density at radius 3 is 2.64 bits per heavy atom. The lowest BCUT2D eigenvalue weighted by Gasteiger charge is -2.34. The SMILES string of the molecule is COC(=O)C1CCC(NCC2CN(C(=O)OCc3ccccc3)CCO2)CC1. The van der Waals surface area contributed by atoms with E-state index in [4.69, 9.17) is 14.2 Å². The molecule has 0 bridgehead atoms. The summed E-state index contributed by atoms with van der Waals surface area (Å²) < 4.78 is 16.1. The average Bonchev–Trinajstić information content (AvgIpc) is 2.76. The van der Waals surface area contributed by atoms with Gasteiger partial charge < -0.3 is 24.4 Å². The number of nitrogens with zero attached hydrogens (tertiary/aromatic N) is 1. The van der Waals surface area contributed by atoms with Crippen LogP contribution in [0.3, 0.4) is 0 Å². The third-order valence-corrected chi connectivity index (χ3v) is 5.50. The predicted octanol–water partition coefficient (Wildman–Crippen LogP) is 2.35. The van der Waals surface area contributed by atoms with E-state index in [9.17, 15) is 9.59 Å². The third kappa shape index (κ3) is 5.94. The number of carbonyl (C=O) groups excluding carboxylic acids is 2. The monoisotopic (exact) mass is 390 g/mol. The Hall–Kier alpha value is -2.12. The second-order valence-corrected chi connectivity index (χ2v) is 7.46. The standard InChI is InChI=1S/C21H30N2O5/c1-26-20(24)17-7-9-18(10-8-17)22-13-19-14-23(11-12-27-19)21(25)28-15-16-5-3-2-4-6-16/h2-6,17-19,22H,7-15H2,1H3. The Kier molecular flexibility index (Phi) is 7.68. The number of benzene rings is 1. The minimum atomic E-state index is -0.296. The summed E-state index contributed by atoms with van der Waals surface area (Å²) in [6.45, 7) is 2.56. The largest absolute Gasteiger partial charge is 0.469 e. The highest BCUT2D eigenvalue weighted by Crippen LogP contribution is 2.25. The summed E-state index contributed by atoms with van der Waals surface area (Å²) in [7, 11) is 1.45. The second kappa shape index (κ2) is 10.4. The molecule has 154 valence electrons. The van der Waals surface area contributed by atoms with Gasteiger partial charge in [0.05, 0.1) is 32.3 Å². The van der Waals surface area contributed by atoms with Crippen LogP contribution in [-0.4, -0.2) is 62.5 Å². The van der Waals surface area contributed by atoms with Gasteiger partial charge in [0.15, 0.2) is 0 Å². The van der Waals surface area contributed by atoms with Gasteiger partial charge >= 0.3 is 12.1 Å². The van der Waals surface area contributed by atoms with Crippen LogP contribution < -0.4 is 5.32 Å². The lowest BCUT2D eigenvalue weighted by molar-refractivity contribution is -0.146. The van der Waals surface area contributed by atoms with Crippen LogP contribution in [-0.2, 0) is 25.6 Å². The van der Waals surface area contributed by atoms with Crippen molar-refractivity contribution in [2.75, 3.05) is 33.4 Å². The molecule has 1 aromatic carbocycles. The maximum absolute atomic E-state index is 12.3. The Balaban J connectivity index is 1.37. The average molecular weight is 390 g/mol. The Bertz CT molecular complexity index is 631. The highest BCUT2D eigenvalue weighted by atomic mass is 16.6. The van der Waals surface area contributed by atoms with Gasteiger partial charge in [-0.1, -0.05) is 30.3 Å². The van der Waals surface area contributed by atoms with Gasteiger partial charge in [-0.25, -0.2) is 4.79 Å². The number of amides is 1. The molecule has 1 saturated heterocycles. The van der Waals surface area contributed by atoms with Crippen LogP contribution in [0, 0.1) is 5.92 Å². The van der Waals surface area contributed by atoms with Crippen molar-refractivity contribution in [3.05, 3.63) is 35.9 Å². The van der Waals surface area contributed by atoms with E-state index >= 15 is 0 Å². The van der Waals surface area contributed by atoms with Crippen molar-refractivity contribution in [1.82, 2.24) is 10.2 Å². The first-order chi connectivity index (χ1) is 13.7. The van der Waals surface area contributed by atoms with Gasteiger partial charge in [-0.15, -0.1) is 0 Å². The summed E-state index contributed by atoms with van der Waals surface area (Å²) >= 11 is 0. The number of morpholine rings is 1. The fourth-order valence-electron chi connectivity index (χ4n) is 3.82. The van der Waals surface area contributed by atoms with E-state index in [2.05, 4.69) is 5.32 Å². The molecule has 2 fully saturated rings. The van der Waals surface area contributed by atoms with Gasteiger partial charge in [-0.2, -0.15) is 0 Å². The Labute approximate surface area is 166 Å². The fourth-order valence-corrected chi connectivity index (χ4v) is 3.82. The van der Waals surface area contributed by atoms with Gasteiger partial charge in [0.25, 0.3) is 0 Å². The van der Waals surface area contributed by atoms with E-state index < -0.39 is 0 Å². The number of hydrogen-bond acceptors (Lipinski definition) is 6. The number of carbonyl (C=O) groups is 2. The van der Waals surface area contributed by atoms with Gasteiger partial charge in [0.1, 0.15) is 6.61 Å². The first kappa shape index (κ1) is 20.6. The molecule has 7 heteroatoms. The third-order valence-electron chi connectivity index (χ3n) is 5.50. The van der Waals surface area contributed by atoms with E-state index in [0.717, 1.165) is 31.2 Å². The fraction of sp³-hybridized carbons (Fsp3) is 0.619. The topological polar surface area (TPSA) is 77.1 Å². The number of esters is 1. The van der Waals surface area contributed by atoms with Crippen LogP contribution in [0.2, 0.25) is 0 Å². The molecule has 1 saturated carbocycles. The van der Waals surface area contributed by atoms with Crippen molar-refractivity contribution in [2.24, 2.45) is 5.92 Å². The van der Waals surface area contributed by atoms with Crippen LogP contribution >= 0.6 is 0 Å². The Morgan fingerprint density at radius 1 is 1.18 bits per heavy atom. The molecule has 0 radical (unpaired) electrons. The smallest absolute Gasteiger partial charge is 0.410 e. The van der Waals surface area contributed by atoms with Gasteiger partial charge in [-0.05, 0) is 31.2 Å². The lowest BCUT2D eigenvalue weighted by Crippen LogP contribution is -2.50. The molecule has 1 N–H and O–H groups in total. The molecular formula is C21H30N2O5. The molecule has 3 rings (SSSR count). The van der Waals surface area contributed by atoms with Crippen molar-refractivity contribution in [3.63, 3.8) is 0 Å². The molecule has 2 aliphatic rings. The number of ether oxygens (including phenoxy) is 3. The van der Waals surface area contributed by atoms with Gasteiger partial charge in [0.2, 0.25) is 0 Å². The first-order valence-electron chi connectivity index (χ1n) is 10.0. The molecule has 28 heavy (non-hydrogen) atoms. The minimum absolute atomic E-state index is 0.0313.